The van der Waals surface area contributed by atoms with Crippen LogP contribution in [0.5, 0.6) is 5.75 Å². The van der Waals surface area contributed by atoms with Crippen molar-refractivity contribution in [2.45, 2.75) is 6.54 Å². The van der Waals surface area contributed by atoms with Crippen LogP contribution in [0.4, 0.5) is 10.5 Å². The zero-order valence-electron chi connectivity index (χ0n) is 14.7. The number of benzene rings is 2. The van der Waals surface area contributed by atoms with Crippen molar-refractivity contribution in [3.05, 3.63) is 87.3 Å². The number of nitrogens with zero attached hydrogens (tertiary/aromatic N) is 2. The maximum atomic E-state index is 12.7. The molecule has 0 aliphatic carbocycles. The Morgan fingerprint density at radius 3 is 2.54 bits per heavy atom. The summed E-state index contributed by atoms with van der Waals surface area (Å²) >= 11 is 0.851. The highest BCUT2D eigenvalue weighted by molar-refractivity contribution is 8.18. The van der Waals surface area contributed by atoms with Crippen LogP contribution in [0.15, 0.2) is 66.1 Å². The molecule has 1 aliphatic heterocycles. The number of carbonyl (C=O) groups excluding carboxylic acids is 2. The number of non-ortho nitro benzene ring substituents is 1. The first kappa shape index (κ1) is 19.4. The second-order valence-corrected chi connectivity index (χ2v) is 6.82. The lowest BCUT2D eigenvalue weighted by molar-refractivity contribution is -0.384. The maximum Gasteiger partial charge on any atom is 0.293 e. The molecule has 2 aromatic rings. The molecule has 8 heteroatoms. The van der Waals surface area contributed by atoms with E-state index in [-0.39, 0.29) is 17.5 Å². The molecule has 3 rings (SSSR count). The third-order valence-corrected chi connectivity index (χ3v) is 4.83. The summed E-state index contributed by atoms with van der Waals surface area (Å²) in [5, 5.41) is 10.3. The van der Waals surface area contributed by atoms with Crippen LogP contribution in [0.25, 0.3) is 6.08 Å². The molecule has 0 aromatic heterocycles. The minimum atomic E-state index is -0.501. The number of thioether (sulfide) groups is 1. The smallest absolute Gasteiger partial charge is 0.293 e. The van der Waals surface area contributed by atoms with Crippen LogP contribution in [0.1, 0.15) is 11.1 Å². The van der Waals surface area contributed by atoms with E-state index in [1.54, 1.807) is 24.3 Å². The van der Waals surface area contributed by atoms with E-state index in [0.717, 1.165) is 16.7 Å². The summed E-state index contributed by atoms with van der Waals surface area (Å²) in [5.74, 6) is 0.177. The second kappa shape index (κ2) is 8.53. The van der Waals surface area contributed by atoms with Gasteiger partial charge in [0, 0.05) is 17.7 Å². The van der Waals surface area contributed by atoms with Gasteiger partial charge >= 0.3 is 0 Å². The first-order valence-electron chi connectivity index (χ1n) is 8.31. The number of rotatable bonds is 7. The molecule has 0 atom stereocenters. The van der Waals surface area contributed by atoms with Gasteiger partial charge in [0.15, 0.2) is 0 Å². The van der Waals surface area contributed by atoms with Gasteiger partial charge in [-0.1, -0.05) is 43.0 Å². The maximum absolute atomic E-state index is 12.7. The zero-order chi connectivity index (χ0) is 20.1. The Kier molecular flexibility index (Phi) is 5.90. The molecule has 7 nitrogen and oxygen atoms in total. The van der Waals surface area contributed by atoms with E-state index in [0.29, 0.717) is 28.4 Å². The molecule has 0 saturated carbocycles. The number of amides is 2. The van der Waals surface area contributed by atoms with Crippen molar-refractivity contribution < 1.29 is 19.2 Å². The fraction of sp³-hybridized carbons (Fsp3) is 0.100. The number of hydrogen-bond acceptors (Lipinski definition) is 6. The number of para-hydroxylation sites is 1. The Bertz CT molecular complexity index is 969. The molecular weight excluding hydrogens is 380 g/mol. The van der Waals surface area contributed by atoms with Crippen LogP contribution >= 0.6 is 11.8 Å². The van der Waals surface area contributed by atoms with Gasteiger partial charge in [-0.2, -0.15) is 0 Å². The van der Waals surface area contributed by atoms with Crippen LogP contribution in [-0.2, 0) is 11.3 Å². The SMILES string of the molecule is C=CCOc1ccccc1/C=C1\SC(=O)N(Cc2ccc([N+](=O)[O-])cc2)C1=O. The van der Waals surface area contributed by atoms with E-state index < -0.39 is 10.8 Å². The highest BCUT2D eigenvalue weighted by atomic mass is 32.2. The molecule has 1 heterocycles. The van der Waals surface area contributed by atoms with Crippen molar-refractivity contribution in [3.8, 4) is 5.75 Å². The van der Waals surface area contributed by atoms with Crippen molar-refractivity contribution in [1.29, 1.82) is 0 Å². The molecule has 28 heavy (non-hydrogen) atoms. The molecule has 1 aliphatic rings. The van der Waals surface area contributed by atoms with Crippen molar-refractivity contribution in [2.75, 3.05) is 6.61 Å². The number of nitro benzene ring substituents is 1. The van der Waals surface area contributed by atoms with Crippen molar-refractivity contribution in [3.63, 3.8) is 0 Å². The van der Waals surface area contributed by atoms with E-state index in [2.05, 4.69) is 6.58 Å². The lowest BCUT2D eigenvalue weighted by Crippen LogP contribution is -2.27. The molecular formula is C20H16N2O5S. The molecule has 0 bridgehead atoms. The number of nitro groups is 1. The summed E-state index contributed by atoms with van der Waals surface area (Å²) in [6, 6.07) is 12.9. The molecule has 0 spiro atoms. The highest BCUT2D eigenvalue weighted by Crippen LogP contribution is 2.35. The average molecular weight is 396 g/mol. The molecule has 0 unspecified atom stereocenters. The van der Waals surface area contributed by atoms with E-state index in [9.17, 15) is 19.7 Å². The van der Waals surface area contributed by atoms with Gasteiger partial charge in [0.25, 0.3) is 16.8 Å². The van der Waals surface area contributed by atoms with Gasteiger partial charge in [0.2, 0.25) is 0 Å². The van der Waals surface area contributed by atoms with Crippen LogP contribution in [-0.4, -0.2) is 27.6 Å². The Morgan fingerprint density at radius 1 is 1.14 bits per heavy atom. The minimum Gasteiger partial charge on any atom is -0.489 e. The first-order chi connectivity index (χ1) is 13.5. The third kappa shape index (κ3) is 4.29. The lowest BCUT2D eigenvalue weighted by atomic mass is 10.1. The Balaban J connectivity index is 1.79. The average Bonchev–Trinajstić information content (AvgIpc) is 2.95. The summed E-state index contributed by atoms with van der Waals surface area (Å²) in [6.45, 7) is 3.98. The van der Waals surface area contributed by atoms with Gasteiger partial charge in [-0.15, -0.1) is 0 Å². The highest BCUT2D eigenvalue weighted by Gasteiger charge is 2.35. The summed E-state index contributed by atoms with van der Waals surface area (Å²) in [7, 11) is 0. The lowest BCUT2D eigenvalue weighted by Gasteiger charge is -2.12. The standard InChI is InChI=1S/C20H16N2O5S/c1-2-11-27-17-6-4-3-5-15(17)12-18-19(23)21(20(24)28-18)13-14-7-9-16(10-8-14)22(25)26/h2-10,12H,1,11,13H2/b18-12-. The van der Waals surface area contributed by atoms with Gasteiger partial charge in [-0.25, -0.2) is 0 Å². The summed E-state index contributed by atoms with van der Waals surface area (Å²) in [6.07, 6.45) is 3.24. The van der Waals surface area contributed by atoms with Gasteiger partial charge in [-0.05, 0) is 29.5 Å². The Labute approximate surface area is 165 Å². The predicted octanol–water partition coefficient (Wildman–Crippen LogP) is 4.40. The molecule has 2 aromatic carbocycles. The number of carbonyl (C=O) groups is 2. The number of imide groups is 1. The first-order valence-corrected chi connectivity index (χ1v) is 9.12. The summed E-state index contributed by atoms with van der Waals surface area (Å²) < 4.78 is 5.57. The largest absolute Gasteiger partial charge is 0.489 e. The summed E-state index contributed by atoms with van der Waals surface area (Å²) in [5.41, 5.74) is 1.27. The minimum absolute atomic E-state index is 0.0473. The van der Waals surface area contributed by atoms with Gasteiger partial charge < -0.3 is 4.74 Å². The number of ether oxygens (including phenoxy) is 1. The molecule has 1 fully saturated rings. The Morgan fingerprint density at radius 2 is 1.86 bits per heavy atom. The predicted molar refractivity (Wildman–Crippen MR) is 107 cm³/mol. The molecule has 142 valence electrons. The van der Waals surface area contributed by atoms with Gasteiger partial charge in [-0.3, -0.25) is 24.6 Å². The molecule has 1 saturated heterocycles. The second-order valence-electron chi connectivity index (χ2n) is 5.83. The van der Waals surface area contributed by atoms with E-state index in [1.165, 1.54) is 24.3 Å². The zero-order valence-corrected chi connectivity index (χ0v) is 15.6. The monoisotopic (exact) mass is 396 g/mol. The van der Waals surface area contributed by atoms with Crippen LogP contribution < -0.4 is 4.74 Å². The Hall–Kier alpha value is -3.39. The molecule has 0 N–H and O–H groups in total. The van der Waals surface area contributed by atoms with Crippen molar-refractivity contribution >= 4 is 34.7 Å². The van der Waals surface area contributed by atoms with Crippen molar-refractivity contribution in [1.82, 2.24) is 4.90 Å². The molecule has 0 radical (unpaired) electrons. The third-order valence-electron chi connectivity index (χ3n) is 3.92. The normalized spacial score (nSPS) is 15.1. The fourth-order valence-electron chi connectivity index (χ4n) is 2.56. The van der Waals surface area contributed by atoms with Gasteiger partial charge in [0.1, 0.15) is 12.4 Å². The number of hydrogen-bond donors (Lipinski definition) is 0. The molecule has 2 amide bonds. The fourth-order valence-corrected chi connectivity index (χ4v) is 3.39. The van der Waals surface area contributed by atoms with Crippen molar-refractivity contribution in [2.24, 2.45) is 0 Å². The van der Waals surface area contributed by atoms with E-state index >= 15 is 0 Å². The van der Waals surface area contributed by atoms with Crippen LogP contribution in [0.2, 0.25) is 0 Å². The topological polar surface area (TPSA) is 89.8 Å². The van der Waals surface area contributed by atoms with Crippen LogP contribution in [0.3, 0.4) is 0 Å². The van der Waals surface area contributed by atoms with Gasteiger partial charge in [0.05, 0.1) is 16.4 Å². The van der Waals surface area contributed by atoms with E-state index in [4.69, 9.17) is 4.74 Å². The van der Waals surface area contributed by atoms with E-state index in [1.807, 2.05) is 12.1 Å². The quantitative estimate of drug-likeness (QED) is 0.298. The summed E-state index contributed by atoms with van der Waals surface area (Å²) in [4.78, 5) is 36.6. The van der Waals surface area contributed by atoms with Crippen LogP contribution in [0, 0.1) is 10.1 Å².